The van der Waals surface area contributed by atoms with Gasteiger partial charge in [-0.15, -0.1) is 0 Å². The van der Waals surface area contributed by atoms with E-state index in [1.165, 1.54) is 0 Å². The van der Waals surface area contributed by atoms with E-state index in [0.29, 0.717) is 0 Å². The Morgan fingerprint density at radius 2 is 1.75 bits per heavy atom. The van der Waals surface area contributed by atoms with Crippen molar-refractivity contribution in [2.75, 3.05) is 0 Å². The molecule has 0 atom stereocenters. The van der Waals surface area contributed by atoms with Gasteiger partial charge in [-0.2, -0.15) is 5.26 Å². The molecule has 0 aliphatic rings. The summed E-state index contributed by atoms with van der Waals surface area (Å²) in [5, 5.41) is 11.0. The fourth-order valence-corrected chi connectivity index (χ4v) is 1.72. The maximum Gasteiger partial charge on any atom is 0.257 e. The molecule has 0 aliphatic carbocycles. The largest absolute Gasteiger partial charge is 0.348 e. The lowest BCUT2D eigenvalue weighted by atomic mass is 10.1. The second-order valence-electron chi connectivity index (χ2n) is 4.09. The average Bonchev–Trinajstić information content (AvgIpc) is 2.45. The van der Waals surface area contributed by atoms with E-state index in [1.807, 2.05) is 6.07 Å². The van der Waals surface area contributed by atoms with E-state index in [1.54, 1.807) is 30.3 Å². The number of hydrogen-bond acceptors (Lipinski definition) is 2. The highest BCUT2D eigenvalue weighted by Gasteiger charge is 2.18. The highest BCUT2D eigenvalue weighted by atomic mass is 19.1. The lowest BCUT2D eigenvalue weighted by molar-refractivity contribution is 0.0942. The number of carbonyl (C=O) groups excluding carboxylic acids is 1. The van der Waals surface area contributed by atoms with Crippen molar-refractivity contribution >= 4 is 5.91 Å². The molecule has 1 N–H and O–H groups in total. The maximum atomic E-state index is 13.6. The van der Waals surface area contributed by atoms with Crippen LogP contribution in [0.2, 0.25) is 0 Å². The van der Waals surface area contributed by atoms with Crippen molar-refractivity contribution in [2.24, 2.45) is 0 Å². The minimum atomic E-state index is -1.05. The number of halogens is 2. The van der Waals surface area contributed by atoms with E-state index in [2.05, 4.69) is 5.32 Å². The molecule has 0 heterocycles. The van der Waals surface area contributed by atoms with Crippen LogP contribution in [0.1, 0.15) is 21.5 Å². The van der Waals surface area contributed by atoms with Gasteiger partial charge in [0, 0.05) is 6.54 Å². The van der Waals surface area contributed by atoms with Gasteiger partial charge in [0.15, 0.2) is 0 Å². The van der Waals surface area contributed by atoms with Crippen LogP contribution in [0.5, 0.6) is 0 Å². The van der Waals surface area contributed by atoms with Crippen molar-refractivity contribution in [1.82, 2.24) is 5.32 Å². The Morgan fingerprint density at radius 1 is 1.15 bits per heavy atom. The molecular weight excluding hydrogens is 262 g/mol. The molecule has 5 heteroatoms. The summed E-state index contributed by atoms with van der Waals surface area (Å²) in [5.74, 6) is -2.95. The molecule has 0 unspecified atom stereocenters. The average molecular weight is 272 g/mol. The topological polar surface area (TPSA) is 52.9 Å². The lowest BCUT2D eigenvalue weighted by Gasteiger charge is -2.07. The van der Waals surface area contributed by atoms with Crippen LogP contribution in [-0.2, 0) is 6.54 Å². The van der Waals surface area contributed by atoms with Crippen molar-refractivity contribution in [3.8, 4) is 6.07 Å². The number of nitrogens with zero attached hydrogens (tertiary/aromatic N) is 1. The molecule has 2 aromatic carbocycles. The highest BCUT2D eigenvalue weighted by molar-refractivity contribution is 5.94. The Labute approximate surface area is 114 Å². The number of carbonyl (C=O) groups is 1. The van der Waals surface area contributed by atoms with E-state index in [9.17, 15) is 13.6 Å². The maximum absolute atomic E-state index is 13.6. The van der Waals surface area contributed by atoms with Crippen LogP contribution in [0.25, 0.3) is 0 Å². The third-order valence-corrected chi connectivity index (χ3v) is 2.69. The van der Waals surface area contributed by atoms with Gasteiger partial charge in [0.05, 0.1) is 11.6 Å². The first-order valence-corrected chi connectivity index (χ1v) is 5.83. The number of rotatable bonds is 3. The number of nitriles is 1. The number of amides is 1. The smallest absolute Gasteiger partial charge is 0.257 e. The normalized spacial score (nSPS) is 9.85. The van der Waals surface area contributed by atoms with Gasteiger partial charge in [-0.25, -0.2) is 8.78 Å². The van der Waals surface area contributed by atoms with Crippen molar-refractivity contribution in [1.29, 1.82) is 5.26 Å². The van der Waals surface area contributed by atoms with Crippen molar-refractivity contribution in [3.63, 3.8) is 0 Å². The van der Waals surface area contributed by atoms with Gasteiger partial charge in [0.1, 0.15) is 17.2 Å². The van der Waals surface area contributed by atoms with Crippen LogP contribution < -0.4 is 5.32 Å². The summed E-state index contributed by atoms with van der Waals surface area (Å²) >= 11 is 0. The SMILES string of the molecule is N#Cc1cc(F)c(C(=O)NCc2ccccc2)c(F)c1. The van der Waals surface area contributed by atoms with Crippen LogP contribution in [0.4, 0.5) is 8.78 Å². The van der Waals surface area contributed by atoms with Gasteiger partial charge in [0.2, 0.25) is 0 Å². The quantitative estimate of drug-likeness (QED) is 0.934. The first-order valence-electron chi connectivity index (χ1n) is 5.83. The first-order chi connectivity index (χ1) is 9.61. The summed E-state index contributed by atoms with van der Waals surface area (Å²) in [5.41, 5.74) is -0.0325. The molecule has 0 fully saturated rings. The molecule has 100 valence electrons. The van der Waals surface area contributed by atoms with Crippen molar-refractivity contribution in [3.05, 3.63) is 70.8 Å². The number of nitrogens with one attached hydrogen (secondary N) is 1. The van der Waals surface area contributed by atoms with Gasteiger partial charge in [-0.05, 0) is 17.7 Å². The van der Waals surface area contributed by atoms with Crippen LogP contribution in [0, 0.1) is 23.0 Å². The van der Waals surface area contributed by atoms with Gasteiger partial charge in [-0.3, -0.25) is 4.79 Å². The van der Waals surface area contributed by atoms with E-state index in [0.717, 1.165) is 17.7 Å². The second kappa shape index (κ2) is 5.93. The third-order valence-electron chi connectivity index (χ3n) is 2.69. The Balaban J connectivity index is 2.16. The summed E-state index contributed by atoms with van der Waals surface area (Å²) in [7, 11) is 0. The van der Waals surface area contributed by atoms with Gasteiger partial charge in [-0.1, -0.05) is 30.3 Å². The summed E-state index contributed by atoms with van der Waals surface area (Å²) in [6.45, 7) is 0.165. The van der Waals surface area contributed by atoms with Gasteiger partial charge in [0.25, 0.3) is 5.91 Å². The fourth-order valence-electron chi connectivity index (χ4n) is 1.72. The molecule has 2 aromatic rings. The molecule has 0 aliphatic heterocycles. The minimum absolute atomic E-state index is 0.165. The summed E-state index contributed by atoms with van der Waals surface area (Å²) in [4.78, 5) is 11.8. The number of benzene rings is 2. The van der Waals surface area contributed by atoms with Crippen LogP contribution in [0.3, 0.4) is 0 Å². The molecule has 0 radical (unpaired) electrons. The van der Waals surface area contributed by atoms with E-state index in [-0.39, 0.29) is 12.1 Å². The fraction of sp³-hybridized carbons (Fsp3) is 0.0667. The van der Waals surface area contributed by atoms with Crippen molar-refractivity contribution in [2.45, 2.75) is 6.54 Å². The van der Waals surface area contributed by atoms with Crippen LogP contribution >= 0.6 is 0 Å². The summed E-state index contributed by atoms with van der Waals surface area (Å²) in [6.07, 6.45) is 0. The Morgan fingerprint density at radius 3 is 2.30 bits per heavy atom. The Bertz CT molecular complexity index is 655. The molecular formula is C15H10F2N2O. The molecule has 0 aromatic heterocycles. The Kier molecular flexibility index (Phi) is 4.06. The predicted octanol–water partition coefficient (Wildman–Crippen LogP) is 2.77. The van der Waals surface area contributed by atoms with Crippen LogP contribution in [-0.4, -0.2) is 5.91 Å². The van der Waals surface area contributed by atoms with E-state index in [4.69, 9.17) is 5.26 Å². The zero-order valence-corrected chi connectivity index (χ0v) is 10.4. The third kappa shape index (κ3) is 2.98. The summed E-state index contributed by atoms with van der Waals surface area (Å²) < 4.78 is 27.2. The Hall–Kier alpha value is -2.74. The summed E-state index contributed by atoms with van der Waals surface area (Å²) in [6, 6.07) is 12.3. The molecule has 0 saturated heterocycles. The number of hydrogen-bond donors (Lipinski definition) is 1. The van der Waals surface area contributed by atoms with Gasteiger partial charge >= 0.3 is 0 Å². The van der Waals surface area contributed by atoms with E-state index >= 15 is 0 Å². The molecule has 2 rings (SSSR count). The van der Waals surface area contributed by atoms with E-state index < -0.39 is 23.1 Å². The monoisotopic (exact) mass is 272 g/mol. The zero-order chi connectivity index (χ0) is 14.5. The molecule has 0 saturated carbocycles. The molecule has 20 heavy (non-hydrogen) atoms. The highest BCUT2D eigenvalue weighted by Crippen LogP contribution is 2.15. The standard InChI is InChI=1S/C15H10F2N2O/c16-12-6-11(8-18)7-13(17)14(12)15(20)19-9-10-4-2-1-3-5-10/h1-7H,9H2,(H,19,20). The van der Waals surface area contributed by atoms with Gasteiger partial charge < -0.3 is 5.32 Å². The lowest BCUT2D eigenvalue weighted by Crippen LogP contribution is -2.25. The predicted molar refractivity (Wildman–Crippen MR) is 68.7 cm³/mol. The first kappa shape index (κ1) is 13.7. The van der Waals surface area contributed by atoms with Crippen LogP contribution in [0.15, 0.2) is 42.5 Å². The molecule has 0 bridgehead atoms. The zero-order valence-electron chi connectivity index (χ0n) is 10.4. The molecule has 0 spiro atoms. The minimum Gasteiger partial charge on any atom is -0.348 e. The molecule has 1 amide bonds. The second-order valence-corrected chi connectivity index (χ2v) is 4.09. The van der Waals surface area contributed by atoms with Crippen molar-refractivity contribution < 1.29 is 13.6 Å². The molecule has 3 nitrogen and oxygen atoms in total.